The number of piperidine rings is 1. The highest BCUT2D eigenvalue weighted by molar-refractivity contribution is 5.78. The molecule has 1 aromatic carbocycles. The third-order valence-electron chi connectivity index (χ3n) is 5.75. The van der Waals surface area contributed by atoms with Crippen LogP contribution in [0.15, 0.2) is 41.7 Å². The lowest BCUT2D eigenvalue weighted by atomic mass is 9.99. The summed E-state index contributed by atoms with van der Waals surface area (Å²) in [6.45, 7) is 5.70. The summed E-state index contributed by atoms with van der Waals surface area (Å²) >= 11 is 0. The number of anilines is 1. The molecule has 0 N–H and O–H groups in total. The Morgan fingerprint density at radius 2 is 1.77 bits per heavy atom. The maximum Gasteiger partial charge on any atom is 0.417 e. The van der Waals surface area contributed by atoms with Crippen LogP contribution in [-0.2, 0) is 6.18 Å². The van der Waals surface area contributed by atoms with E-state index in [1.54, 1.807) is 0 Å². The second-order valence-corrected chi connectivity index (χ2v) is 8.49. The van der Waals surface area contributed by atoms with Crippen LogP contribution in [-0.4, -0.2) is 28.9 Å². The molecule has 2 aliphatic rings. The zero-order valence-corrected chi connectivity index (χ0v) is 17.8. The smallest absolute Gasteiger partial charge is 0.417 e. The second kappa shape index (κ2) is 8.40. The number of nitrogens with zero attached hydrogens (tertiary/aromatic N) is 3. The molecule has 3 heterocycles. The SMILES string of the molecule is CC(C)=NOc1cc(C)ccc1OC1C[C@H]2CC[C@@H](C1)N2c1ccc(C(F)(F)F)cn1. The summed E-state index contributed by atoms with van der Waals surface area (Å²) in [5, 5.41) is 4.05. The highest BCUT2D eigenvalue weighted by atomic mass is 19.4. The molecule has 0 spiro atoms. The van der Waals surface area contributed by atoms with E-state index in [0.29, 0.717) is 17.3 Å². The van der Waals surface area contributed by atoms with Crippen molar-refractivity contribution in [2.45, 2.75) is 70.8 Å². The average Bonchev–Trinajstić information content (AvgIpc) is 2.98. The third-order valence-corrected chi connectivity index (χ3v) is 5.75. The van der Waals surface area contributed by atoms with E-state index in [-0.39, 0.29) is 18.2 Å². The zero-order valence-electron chi connectivity index (χ0n) is 17.8. The van der Waals surface area contributed by atoms with Crippen molar-refractivity contribution in [2.75, 3.05) is 4.90 Å². The normalized spacial score (nSPS) is 22.9. The maximum atomic E-state index is 12.9. The van der Waals surface area contributed by atoms with E-state index in [9.17, 15) is 13.2 Å². The van der Waals surface area contributed by atoms with Gasteiger partial charge in [-0.15, -0.1) is 0 Å². The number of rotatable bonds is 5. The fourth-order valence-electron chi connectivity index (χ4n) is 4.41. The summed E-state index contributed by atoms with van der Waals surface area (Å²) in [6.07, 6.45) is 0.0573. The molecule has 2 aromatic rings. The van der Waals surface area contributed by atoms with Gasteiger partial charge in [-0.1, -0.05) is 11.2 Å². The molecule has 0 amide bonds. The number of pyridine rings is 1. The molecule has 8 heteroatoms. The van der Waals surface area contributed by atoms with Crippen LogP contribution in [0, 0.1) is 6.92 Å². The summed E-state index contributed by atoms with van der Waals surface area (Å²) < 4.78 is 44.9. The van der Waals surface area contributed by atoms with Gasteiger partial charge in [-0.25, -0.2) is 4.98 Å². The molecule has 31 heavy (non-hydrogen) atoms. The quantitative estimate of drug-likeness (QED) is 0.444. The van der Waals surface area contributed by atoms with Gasteiger partial charge in [0.25, 0.3) is 0 Å². The first-order valence-electron chi connectivity index (χ1n) is 10.5. The van der Waals surface area contributed by atoms with E-state index in [4.69, 9.17) is 9.57 Å². The molecule has 0 saturated carbocycles. The lowest BCUT2D eigenvalue weighted by Crippen LogP contribution is -2.46. The standard InChI is InChI=1S/C23H26F3N3O2/c1-14(2)28-31-21-10-15(3)4-8-20(21)30-19-11-17-6-7-18(12-19)29(17)22-9-5-16(13-27-22)23(24,25)26/h4-5,8-10,13,17-19H,6-7,11-12H2,1-3H3/t17-,18+,19?. The molecule has 1 aromatic heterocycles. The van der Waals surface area contributed by atoms with Gasteiger partial charge in [-0.2, -0.15) is 13.2 Å². The van der Waals surface area contributed by atoms with E-state index < -0.39 is 11.7 Å². The maximum absolute atomic E-state index is 12.9. The summed E-state index contributed by atoms with van der Waals surface area (Å²) in [5.41, 5.74) is 1.14. The fraction of sp³-hybridized carbons (Fsp3) is 0.478. The van der Waals surface area contributed by atoms with Crippen molar-refractivity contribution in [1.29, 1.82) is 0 Å². The first-order chi connectivity index (χ1) is 14.7. The third kappa shape index (κ3) is 4.78. The number of alkyl halides is 3. The highest BCUT2D eigenvalue weighted by Crippen LogP contribution is 2.41. The number of ether oxygens (including phenoxy) is 1. The predicted octanol–water partition coefficient (Wildman–Crippen LogP) is 5.76. The fourth-order valence-corrected chi connectivity index (χ4v) is 4.41. The Labute approximate surface area is 179 Å². The largest absolute Gasteiger partial charge is 0.486 e. The van der Waals surface area contributed by atoms with E-state index >= 15 is 0 Å². The molecule has 3 atom stereocenters. The number of hydrogen-bond donors (Lipinski definition) is 0. The molecular weight excluding hydrogens is 407 g/mol. The lowest BCUT2D eigenvalue weighted by molar-refractivity contribution is -0.137. The van der Waals surface area contributed by atoms with Crippen molar-refractivity contribution in [3.05, 3.63) is 47.7 Å². The second-order valence-electron chi connectivity index (χ2n) is 8.49. The number of aromatic nitrogens is 1. The molecule has 2 aliphatic heterocycles. The zero-order chi connectivity index (χ0) is 22.2. The van der Waals surface area contributed by atoms with Gasteiger partial charge in [-0.05, 0) is 63.4 Å². The Hall–Kier alpha value is -2.77. The van der Waals surface area contributed by atoms with Gasteiger partial charge in [0, 0.05) is 31.1 Å². The van der Waals surface area contributed by atoms with Gasteiger partial charge in [0.15, 0.2) is 11.5 Å². The summed E-state index contributed by atoms with van der Waals surface area (Å²) in [5.74, 6) is 1.84. The first kappa shape index (κ1) is 21.5. The monoisotopic (exact) mass is 433 g/mol. The van der Waals surface area contributed by atoms with Crippen LogP contribution in [0.5, 0.6) is 11.5 Å². The van der Waals surface area contributed by atoms with Crippen molar-refractivity contribution in [3.63, 3.8) is 0 Å². The van der Waals surface area contributed by atoms with E-state index in [1.807, 2.05) is 39.0 Å². The Morgan fingerprint density at radius 1 is 1.06 bits per heavy atom. The van der Waals surface area contributed by atoms with Gasteiger partial charge in [-0.3, -0.25) is 0 Å². The Bertz CT molecular complexity index is 942. The van der Waals surface area contributed by atoms with Crippen LogP contribution in [0.1, 0.15) is 50.7 Å². The molecule has 0 aliphatic carbocycles. The number of aryl methyl sites for hydroxylation is 1. The van der Waals surface area contributed by atoms with Gasteiger partial charge in [0.2, 0.25) is 0 Å². The molecule has 166 valence electrons. The van der Waals surface area contributed by atoms with Gasteiger partial charge < -0.3 is 14.5 Å². The molecule has 4 rings (SSSR count). The van der Waals surface area contributed by atoms with Crippen molar-refractivity contribution in [2.24, 2.45) is 5.16 Å². The number of benzene rings is 1. The highest BCUT2D eigenvalue weighted by Gasteiger charge is 2.42. The number of oxime groups is 1. The van der Waals surface area contributed by atoms with Crippen molar-refractivity contribution >= 4 is 11.5 Å². The van der Waals surface area contributed by atoms with Crippen molar-refractivity contribution in [1.82, 2.24) is 4.98 Å². The Balaban J connectivity index is 1.47. The summed E-state index contributed by atoms with van der Waals surface area (Å²) in [7, 11) is 0. The minimum atomic E-state index is -4.38. The number of fused-ring (bicyclic) bond motifs is 2. The lowest BCUT2D eigenvalue weighted by Gasteiger charge is -2.39. The van der Waals surface area contributed by atoms with E-state index in [1.165, 1.54) is 6.07 Å². The molecular formula is C23H26F3N3O2. The Morgan fingerprint density at radius 3 is 2.35 bits per heavy atom. The van der Waals surface area contributed by atoms with E-state index in [0.717, 1.165) is 49.2 Å². The Kier molecular flexibility index (Phi) is 5.81. The van der Waals surface area contributed by atoms with Crippen LogP contribution >= 0.6 is 0 Å². The first-order valence-corrected chi connectivity index (χ1v) is 10.5. The molecule has 2 saturated heterocycles. The minimum Gasteiger partial charge on any atom is -0.486 e. The topological polar surface area (TPSA) is 47.0 Å². The number of hydrogen-bond acceptors (Lipinski definition) is 5. The van der Waals surface area contributed by atoms with Crippen LogP contribution in [0.3, 0.4) is 0 Å². The van der Waals surface area contributed by atoms with Crippen molar-refractivity contribution < 1.29 is 22.7 Å². The summed E-state index contributed by atoms with van der Waals surface area (Å²) in [6, 6.07) is 8.75. The summed E-state index contributed by atoms with van der Waals surface area (Å²) in [4.78, 5) is 11.8. The van der Waals surface area contributed by atoms with Crippen LogP contribution in [0.4, 0.5) is 19.0 Å². The molecule has 5 nitrogen and oxygen atoms in total. The van der Waals surface area contributed by atoms with Crippen LogP contribution < -0.4 is 14.5 Å². The van der Waals surface area contributed by atoms with E-state index in [2.05, 4.69) is 15.0 Å². The molecule has 2 bridgehead atoms. The van der Waals surface area contributed by atoms with Crippen LogP contribution in [0.2, 0.25) is 0 Å². The number of halogens is 3. The van der Waals surface area contributed by atoms with Gasteiger partial charge in [0.05, 0.1) is 11.3 Å². The van der Waals surface area contributed by atoms with Crippen LogP contribution in [0.25, 0.3) is 0 Å². The molecule has 2 fully saturated rings. The minimum absolute atomic E-state index is 0.0000393. The average molecular weight is 433 g/mol. The predicted molar refractivity (Wildman–Crippen MR) is 113 cm³/mol. The van der Waals surface area contributed by atoms with Crippen molar-refractivity contribution in [3.8, 4) is 11.5 Å². The molecule has 0 radical (unpaired) electrons. The van der Waals surface area contributed by atoms with Gasteiger partial charge >= 0.3 is 6.18 Å². The molecule has 1 unspecified atom stereocenters. The van der Waals surface area contributed by atoms with Gasteiger partial charge in [0.1, 0.15) is 11.9 Å².